The zero-order valence-corrected chi connectivity index (χ0v) is 17.1. The van der Waals surface area contributed by atoms with Crippen molar-refractivity contribution in [2.45, 2.75) is 24.4 Å². The maximum absolute atomic E-state index is 13.0. The van der Waals surface area contributed by atoms with Crippen molar-refractivity contribution in [2.75, 3.05) is 6.54 Å². The Bertz CT molecular complexity index is 1360. The summed E-state index contributed by atoms with van der Waals surface area (Å²) in [7, 11) is 0. The Morgan fingerprint density at radius 3 is 2.73 bits per heavy atom. The van der Waals surface area contributed by atoms with Gasteiger partial charge in [0.1, 0.15) is 5.65 Å². The van der Waals surface area contributed by atoms with E-state index in [1.54, 1.807) is 41.1 Å². The minimum absolute atomic E-state index is 0.160. The zero-order valence-electron chi connectivity index (χ0n) is 16.2. The lowest BCUT2D eigenvalue weighted by molar-refractivity contribution is -0.118. The molecule has 4 rings (SSSR count). The molecule has 1 aromatic carbocycles. The first-order valence-corrected chi connectivity index (χ1v) is 10.4. The van der Waals surface area contributed by atoms with Gasteiger partial charge in [-0.3, -0.25) is 23.4 Å². The summed E-state index contributed by atoms with van der Waals surface area (Å²) in [5.41, 5.74) is 1.44. The topological polar surface area (TPSA) is 98.4 Å². The number of thioether (sulfide) groups is 1. The summed E-state index contributed by atoms with van der Waals surface area (Å²) in [5.74, 6) is 0.220. The predicted octanol–water partition coefficient (Wildman–Crippen LogP) is 1.83. The molecular weight excluding hydrogens is 402 g/mol. The molecule has 0 saturated carbocycles. The van der Waals surface area contributed by atoms with Gasteiger partial charge in [-0.05, 0) is 24.3 Å². The molecule has 0 spiro atoms. The van der Waals surface area contributed by atoms with Gasteiger partial charge >= 0.3 is 0 Å². The Morgan fingerprint density at radius 2 is 1.90 bits per heavy atom. The Morgan fingerprint density at radius 1 is 1.10 bits per heavy atom. The van der Waals surface area contributed by atoms with Gasteiger partial charge in [0.15, 0.2) is 5.16 Å². The summed E-state index contributed by atoms with van der Waals surface area (Å²) < 4.78 is 3.03. The van der Waals surface area contributed by atoms with Crippen molar-refractivity contribution >= 4 is 34.2 Å². The number of carbonyl (C=O) groups is 1. The summed E-state index contributed by atoms with van der Waals surface area (Å²) >= 11 is 1.33. The molecule has 1 N–H and O–H groups in total. The van der Waals surface area contributed by atoms with Gasteiger partial charge in [-0.2, -0.15) is 0 Å². The molecule has 152 valence electrons. The first kappa shape index (κ1) is 19.8. The van der Waals surface area contributed by atoms with Crippen LogP contribution >= 0.6 is 11.8 Å². The smallest absolute Gasteiger partial charge is 0.262 e. The second-order valence-corrected chi connectivity index (χ2v) is 7.60. The number of benzene rings is 1. The van der Waals surface area contributed by atoms with Gasteiger partial charge in [0.05, 0.1) is 16.6 Å². The average molecular weight is 421 g/mol. The van der Waals surface area contributed by atoms with E-state index < -0.39 is 0 Å². The zero-order chi connectivity index (χ0) is 21.1. The van der Waals surface area contributed by atoms with E-state index in [4.69, 9.17) is 0 Å². The van der Waals surface area contributed by atoms with Crippen LogP contribution in [0.3, 0.4) is 0 Å². The highest BCUT2D eigenvalue weighted by Crippen LogP contribution is 2.21. The highest BCUT2D eigenvalue weighted by molar-refractivity contribution is 7.98. The third kappa shape index (κ3) is 4.11. The Labute approximate surface area is 175 Å². The second kappa shape index (κ2) is 8.50. The fourth-order valence-corrected chi connectivity index (χ4v) is 4.03. The molecule has 4 aromatic rings. The predicted molar refractivity (Wildman–Crippen MR) is 116 cm³/mol. The summed E-state index contributed by atoms with van der Waals surface area (Å²) in [6.07, 6.45) is 1.67. The highest BCUT2D eigenvalue weighted by atomic mass is 32.2. The van der Waals surface area contributed by atoms with Crippen LogP contribution in [-0.2, 0) is 17.1 Å². The summed E-state index contributed by atoms with van der Waals surface area (Å²) in [6.45, 7) is 2.05. The Hall–Kier alpha value is -3.46. The molecule has 0 fully saturated rings. The first-order chi connectivity index (χ1) is 14.5. The third-order valence-corrected chi connectivity index (χ3v) is 5.52. The van der Waals surface area contributed by atoms with Crippen LogP contribution in [-0.4, -0.2) is 31.4 Å². The SMILES string of the molecule is CC(=O)NCCn1c(SCc2cc(=O)n3ccccc3n2)nc2ccccc2c1=O. The van der Waals surface area contributed by atoms with Crippen molar-refractivity contribution in [2.24, 2.45) is 0 Å². The number of amides is 1. The van der Waals surface area contributed by atoms with Crippen LogP contribution in [0.4, 0.5) is 0 Å². The van der Waals surface area contributed by atoms with Crippen molar-refractivity contribution in [1.29, 1.82) is 0 Å². The van der Waals surface area contributed by atoms with E-state index in [9.17, 15) is 14.4 Å². The summed E-state index contributed by atoms with van der Waals surface area (Å²) in [5, 5.41) is 3.74. The van der Waals surface area contributed by atoms with Gasteiger partial charge in [-0.15, -0.1) is 0 Å². The molecule has 0 aliphatic carbocycles. The van der Waals surface area contributed by atoms with Crippen LogP contribution in [0.15, 0.2) is 69.5 Å². The number of carbonyl (C=O) groups excluding carboxylic acids is 1. The Kier molecular flexibility index (Phi) is 5.62. The van der Waals surface area contributed by atoms with Crippen LogP contribution in [0, 0.1) is 0 Å². The van der Waals surface area contributed by atoms with Crippen LogP contribution < -0.4 is 16.4 Å². The van der Waals surface area contributed by atoms with E-state index in [1.165, 1.54) is 29.2 Å². The standard InChI is InChI=1S/C21H19N5O3S/c1-14(27)22-9-11-26-20(29)16-6-2-3-7-17(16)24-21(26)30-13-15-12-19(28)25-10-5-4-8-18(25)23-15/h2-8,10,12H,9,11,13H2,1H3,(H,22,27). The van der Waals surface area contributed by atoms with Gasteiger partial charge < -0.3 is 5.32 Å². The minimum atomic E-state index is -0.167. The molecule has 0 aliphatic rings. The number of para-hydroxylation sites is 1. The molecule has 0 radical (unpaired) electrons. The number of rotatable bonds is 6. The average Bonchev–Trinajstić information content (AvgIpc) is 2.74. The van der Waals surface area contributed by atoms with Crippen molar-refractivity contribution in [3.63, 3.8) is 0 Å². The molecule has 3 aromatic heterocycles. The number of pyridine rings is 1. The van der Waals surface area contributed by atoms with Crippen LogP contribution in [0.5, 0.6) is 0 Å². The lowest BCUT2D eigenvalue weighted by atomic mass is 10.2. The van der Waals surface area contributed by atoms with Crippen molar-refractivity contribution in [3.05, 3.63) is 81.1 Å². The van der Waals surface area contributed by atoms with Crippen molar-refractivity contribution in [3.8, 4) is 0 Å². The maximum Gasteiger partial charge on any atom is 0.262 e. The fraction of sp³-hybridized carbons (Fsp3) is 0.190. The quantitative estimate of drug-likeness (QED) is 0.377. The van der Waals surface area contributed by atoms with Gasteiger partial charge in [-0.25, -0.2) is 9.97 Å². The number of nitrogens with one attached hydrogen (secondary N) is 1. The molecule has 0 bridgehead atoms. The molecule has 0 atom stereocenters. The number of hydrogen-bond acceptors (Lipinski definition) is 6. The van der Waals surface area contributed by atoms with E-state index >= 15 is 0 Å². The van der Waals surface area contributed by atoms with Crippen molar-refractivity contribution < 1.29 is 4.79 Å². The molecule has 30 heavy (non-hydrogen) atoms. The minimum Gasteiger partial charge on any atom is -0.355 e. The molecular formula is C21H19N5O3S. The second-order valence-electron chi connectivity index (χ2n) is 6.65. The lowest BCUT2D eigenvalue weighted by Gasteiger charge is -2.13. The highest BCUT2D eigenvalue weighted by Gasteiger charge is 2.13. The molecule has 3 heterocycles. The largest absolute Gasteiger partial charge is 0.355 e. The maximum atomic E-state index is 13.0. The molecule has 0 unspecified atom stereocenters. The molecule has 0 saturated heterocycles. The van der Waals surface area contributed by atoms with E-state index in [0.717, 1.165) is 0 Å². The van der Waals surface area contributed by atoms with E-state index in [0.29, 0.717) is 46.2 Å². The van der Waals surface area contributed by atoms with Crippen LogP contribution in [0.2, 0.25) is 0 Å². The van der Waals surface area contributed by atoms with Gasteiger partial charge in [0.25, 0.3) is 11.1 Å². The Balaban J connectivity index is 1.68. The van der Waals surface area contributed by atoms with Crippen LogP contribution in [0.25, 0.3) is 16.6 Å². The monoisotopic (exact) mass is 421 g/mol. The number of aromatic nitrogens is 4. The third-order valence-electron chi connectivity index (χ3n) is 4.51. The molecule has 8 nitrogen and oxygen atoms in total. The number of fused-ring (bicyclic) bond motifs is 2. The van der Waals surface area contributed by atoms with Gasteiger partial charge in [0.2, 0.25) is 5.91 Å². The van der Waals surface area contributed by atoms with Crippen molar-refractivity contribution in [1.82, 2.24) is 24.3 Å². The summed E-state index contributed by atoms with van der Waals surface area (Å²) in [4.78, 5) is 45.7. The lowest BCUT2D eigenvalue weighted by Crippen LogP contribution is -2.31. The molecule has 1 amide bonds. The van der Waals surface area contributed by atoms with Crippen LogP contribution in [0.1, 0.15) is 12.6 Å². The van der Waals surface area contributed by atoms with Gasteiger partial charge in [-0.1, -0.05) is 30.0 Å². The first-order valence-electron chi connectivity index (χ1n) is 9.37. The normalized spacial score (nSPS) is 11.1. The molecule has 0 aliphatic heterocycles. The molecule has 9 heteroatoms. The van der Waals surface area contributed by atoms with E-state index in [-0.39, 0.29) is 17.0 Å². The fourth-order valence-electron chi connectivity index (χ4n) is 3.11. The van der Waals surface area contributed by atoms with Gasteiger partial charge in [0, 0.05) is 38.0 Å². The van der Waals surface area contributed by atoms with E-state index in [2.05, 4.69) is 15.3 Å². The van der Waals surface area contributed by atoms with E-state index in [1.807, 2.05) is 12.1 Å². The summed E-state index contributed by atoms with van der Waals surface area (Å²) in [6, 6.07) is 14.0. The number of hydrogen-bond donors (Lipinski definition) is 1. The number of nitrogens with zero attached hydrogens (tertiary/aromatic N) is 4.